The number of benzene rings is 3. The van der Waals surface area contributed by atoms with E-state index in [-0.39, 0.29) is 30.5 Å². The molecule has 0 radical (unpaired) electrons. The van der Waals surface area contributed by atoms with E-state index in [0.29, 0.717) is 24.6 Å². The summed E-state index contributed by atoms with van der Waals surface area (Å²) < 4.78 is 38.4. The molecular formula is C23H24N2O5S. The number of carbonyl (C=O) groups excluding carboxylic acids is 1. The van der Waals surface area contributed by atoms with Gasteiger partial charge < -0.3 is 14.4 Å². The topological polar surface area (TPSA) is 76.2 Å². The van der Waals surface area contributed by atoms with Crippen molar-refractivity contribution in [3.8, 4) is 11.5 Å². The molecule has 0 atom stereocenters. The Kier molecular flexibility index (Phi) is 6.11. The standard InChI is InChI=1S/C23H24N2O5S/c1-29-21-8-4-5-9-22(21)30-17-23(26)24-12-14-25(15-13-24)31(27,28)20-11-10-18-6-2-3-7-19(18)16-20/h2-11,16H,12-15,17H2,1H3. The molecule has 1 saturated heterocycles. The SMILES string of the molecule is COc1ccccc1OCC(=O)N1CCN(S(=O)(=O)c2ccc3ccccc3c2)CC1. The molecule has 0 unspecified atom stereocenters. The number of sulfonamides is 1. The number of ether oxygens (including phenoxy) is 2. The van der Waals surface area contributed by atoms with Crippen LogP contribution in [0.3, 0.4) is 0 Å². The second-order valence-corrected chi connectivity index (χ2v) is 9.17. The molecule has 8 heteroatoms. The molecule has 0 aliphatic carbocycles. The minimum atomic E-state index is -3.62. The van der Waals surface area contributed by atoms with Gasteiger partial charge in [0.15, 0.2) is 18.1 Å². The highest BCUT2D eigenvalue weighted by atomic mass is 32.2. The van der Waals surface area contributed by atoms with E-state index in [1.807, 2.05) is 36.4 Å². The normalized spacial score (nSPS) is 15.1. The third-order valence-electron chi connectivity index (χ3n) is 5.37. The van der Waals surface area contributed by atoms with Crippen LogP contribution in [0, 0.1) is 0 Å². The fraction of sp³-hybridized carbons (Fsp3) is 0.261. The molecule has 162 valence electrons. The summed E-state index contributed by atoms with van der Waals surface area (Å²) in [4.78, 5) is 14.4. The first-order chi connectivity index (χ1) is 15.0. The molecule has 1 aliphatic rings. The Bertz CT molecular complexity index is 1190. The van der Waals surface area contributed by atoms with E-state index in [1.165, 1.54) is 4.31 Å². The smallest absolute Gasteiger partial charge is 0.260 e. The zero-order valence-electron chi connectivity index (χ0n) is 17.2. The molecule has 1 aliphatic heterocycles. The maximum atomic E-state index is 13.1. The molecule has 3 aromatic rings. The molecular weight excluding hydrogens is 416 g/mol. The average molecular weight is 441 g/mol. The number of amides is 1. The molecule has 1 amide bonds. The molecule has 7 nitrogen and oxygen atoms in total. The molecule has 0 spiro atoms. The van der Waals surface area contributed by atoms with Gasteiger partial charge in [0, 0.05) is 26.2 Å². The van der Waals surface area contributed by atoms with Crippen molar-refractivity contribution in [2.75, 3.05) is 39.9 Å². The Morgan fingerprint density at radius 1 is 0.871 bits per heavy atom. The molecule has 3 aromatic carbocycles. The van der Waals surface area contributed by atoms with E-state index < -0.39 is 10.0 Å². The second-order valence-electron chi connectivity index (χ2n) is 7.23. The Balaban J connectivity index is 1.37. The van der Waals surface area contributed by atoms with Crippen molar-refractivity contribution in [3.63, 3.8) is 0 Å². The molecule has 31 heavy (non-hydrogen) atoms. The lowest BCUT2D eigenvalue weighted by Crippen LogP contribution is -2.51. The van der Waals surface area contributed by atoms with E-state index in [2.05, 4.69) is 0 Å². The van der Waals surface area contributed by atoms with Gasteiger partial charge in [-0.15, -0.1) is 0 Å². The van der Waals surface area contributed by atoms with E-state index in [1.54, 1.807) is 42.3 Å². The molecule has 4 rings (SSSR count). The lowest BCUT2D eigenvalue weighted by molar-refractivity contribution is -0.134. The summed E-state index contributed by atoms with van der Waals surface area (Å²) in [7, 11) is -2.08. The van der Waals surface area contributed by atoms with Crippen LogP contribution in [0.15, 0.2) is 71.6 Å². The first-order valence-electron chi connectivity index (χ1n) is 10.0. The van der Waals surface area contributed by atoms with E-state index in [0.717, 1.165) is 10.8 Å². The number of hydrogen-bond acceptors (Lipinski definition) is 5. The Morgan fingerprint density at radius 3 is 2.23 bits per heavy atom. The predicted octanol–water partition coefficient (Wildman–Crippen LogP) is 2.76. The van der Waals surface area contributed by atoms with Gasteiger partial charge in [0.05, 0.1) is 12.0 Å². The van der Waals surface area contributed by atoms with Crippen molar-refractivity contribution in [1.29, 1.82) is 0 Å². The zero-order valence-corrected chi connectivity index (χ0v) is 18.0. The number of carbonyl (C=O) groups is 1. The van der Waals surface area contributed by atoms with Crippen molar-refractivity contribution in [2.24, 2.45) is 0 Å². The minimum absolute atomic E-state index is 0.127. The van der Waals surface area contributed by atoms with Crippen molar-refractivity contribution in [1.82, 2.24) is 9.21 Å². The lowest BCUT2D eigenvalue weighted by atomic mass is 10.1. The maximum Gasteiger partial charge on any atom is 0.260 e. The molecule has 0 N–H and O–H groups in total. The minimum Gasteiger partial charge on any atom is -0.493 e. The molecule has 0 saturated carbocycles. The van der Waals surface area contributed by atoms with Gasteiger partial charge in [0.2, 0.25) is 10.0 Å². The van der Waals surface area contributed by atoms with Crippen molar-refractivity contribution in [2.45, 2.75) is 4.90 Å². The summed E-state index contributed by atoms with van der Waals surface area (Å²) in [6.07, 6.45) is 0. The highest BCUT2D eigenvalue weighted by Crippen LogP contribution is 2.26. The largest absolute Gasteiger partial charge is 0.493 e. The number of fused-ring (bicyclic) bond motifs is 1. The van der Waals surface area contributed by atoms with Gasteiger partial charge in [-0.25, -0.2) is 8.42 Å². The van der Waals surface area contributed by atoms with E-state index in [9.17, 15) is 13.2 Å². The van der Waals surface area contributed by atoms with Crippen molar-refractivity contribution in [3.05, 3.63) is 66.7 Å². The van der Waals surface area contributed by atoms with Gasteiger partial charge in [0.25, 0.3) is 5.91 Å². The summed E-state index contributed by atoms with van der Waals surface area (Å²) in [6, 6.07) is 19.9. The van der Waals surface area contributed by atoms with Gasteiger partial charge in [-0.05, 0) is 35.0 Å². The molecule has 0 bridgehead atoms. The second kappa shape index (κ2) is 8.95. The monoisotopic (exact) mass is 440 g/mol. The number of methoxy groups -OCH3 is 1. The first kappa shape index (κ1) is 21.1. The lowest BCUT2D eigenvalue weighted by Gasteiger charge is -2.34. The predicted molar refractivity (Wildman–Crippen MR) is 118 cm³/mol. The van der Waals surface area contributed by atoms with Crippen molar-refractivity contribution < 1.29 is 22.7 Å². The van der Waals surface area contributed by atoms with Crippen LogP contribution in [0.1, 0.15) is 0 Å². The van der Waals surface area contributed by atoms with Gasteiger partial charge in [-0.2, -0.15) is 4.31 Å². The number of hydrogen-bond donors (Lipinski definition) is 0. The maximum absolute atomic E-state index is 13.1. The summed E-state index contributed by atoms with van der Waals surface area (Å²) in [5.41, 5.74) is 0. The third-order valence-corrected chi connectivity index (χ3v) is 7.26. The van der Waals surface area contributed by atoms with Gasteiger partial charge in [0.1, 0.15) is 0 Å². The van der Waals surface area contributed by atoms with Crippen LogP contribution in [-0.2, 0) is 14.8 Å². The number of piperazine rings is 1. The van der Waals surface area contributed by atoms with Crippen LogP contribution in [0.25, 0.3) is 10.8 Å². The van der Waals surface area contributed by atoms with Crippen LogP contribution >= 0.6 is 0 Å². The third kappa shape index (κ3) is 4.50. The number of nitrogens with zero attached hydrogens (tertiary/aromatic N) is 2. The molecule has 1 fully saturated rings. The quantitative estimate of drug-likeness (QED) is 0.589. The van der Waals surface area contributed by atoms with E-state index in [4.69, 9.17) is 9.47 Å². The summed E-state index contributed by atoms with van der Waals surface area (Å²) in [5, 5.41) is 1.87. The fourth-order valence-corrected chi connectivity index (χ4v) is 5.08. The summed E-state index contributed by atoms with van der Waals surface area (Å²) >= 11 is 0. The van der Waals surface area contributed by atoms with Crippen molar-refractivity contribution >= 4 is 26.7 Å². The molecule has 0 aromatic heterocycles. The Labute approximate surface area is 181 Å². The highest BCUT2D eigenvalue weighted by molar-refractivity contribution is 7.89. The molecule has 1 heterocycles. The van der Waals surface area contributed by atoms with Crippen LogP contribution in [0.5, 0.6) is 11.5 Å². The Hall–Kier alpha value is -3.10. The van der Waals surface area contributed by atoms with Crippen LogP contribution in [-0.4, -0.2) is 63.4 Å². The van der Waals surface area contributed by atoms with Gasteiger partial charge >= 0.3 is 0 Å². The average Bonchev–Trinajstić information content (AvgIpc) is 2.82. The first-order valence-corrected chi connectivity index (χ1v) is 11.5. The summed E-state index contributed by atoms with van der Waals surface area (Å²) in [5.74, 6) is 0.867. The van der Waals surface area contributed by atoms with Crippen LogP contribution < -0.4 is 9.47 Å². The highest BCUT2D eigenvalue weighted by Gasteiger charge is 2.30. The summed E-state index contributed by atoms with van der Waals surface area (Å²) in [6.45, 7) is 1.00. The van der Waals surface area contributed by atoms with Gasteiger partial charge in [-0.1, -0.05) is 42.5 Å². The zero-order chi connectivity index (χ0) is 21.8. The fourth-order valence-electron chi connectivity index (χ4n) is 3.62. The van der Waals surface area contributed by atoms with Gasteiger partial charge in [-0.3, -0.25) is 4.79 Å². The van der Waals surface area contributed by atoms with Crippen LogP contribution in [0.2, 0.25) is 0 Å². The van der Waals surface area contributed by atoms with E-state index >= 15 is 0 Å². The number of rotatable bonds is 6. The number of para-hydroxylation sites is 2. The Morgan fingerprint density at radius 2 is 1.52 bits per heavy atom. The van der Waals surface area contributed by atoms with Crippen LogP contribution in [0.4, 0.5) is 0 Å².